The Balaban J connectivity index is 2.63. The van der Waals surface area contributed by atoms with Gasteiger partial charge < -0.3 is 15.7 Å². The Morgan fingerprint density at radius 1 is 1.32 bits per heavy atom. The molecule has 0 aromatic heterocycles. The van der Waals surface area contributed by atoms with Gasteiger partial charge in [-0.2, -0.15) is 5.26 Å². The van der Waals surface area contributed by atoms with Gasteiger partial charge >= 0.3 is 12.0 Å². The van der Waals surface area contributed by atoms with E-state index in [1.165, 1.54) is 13.8 Å². The molecule has 1 rings (SSSR count). The molecule has 0 saturated carbocycles. The maximum Gasteiger partial charge on any atom is 0.328 e. The lowest BCUT2D eigenvalue weighted by atomic mass is 10.1. The highest BCUT2D eigenvalue weighted by Gasteiger charge is 2.28. The van der Waals surface area contributed by atoms with Crippen LogP contribution >= 0.6 is 0 Å². The van der Waals surface area contributed by atoms with Crippen molar-refractivity contribution in [3.63, 3.8) is 0 Å². The summed E-state index contributed by atoms with van der Waals surface area (Å²) >= 11 is 0. The van der Waals surface area contributed by atoms with Crippen molar-refractivity contribution in [1.82, 2.24) is 5.32 Å². The van der Waals surface area contributed by atoms with Gasteiger partial charge in [-0.3, -0.25) is 0 Å². The van der Waals surface area contributed by atoms with Crippen LogP contribution < -0.4 is 10.6 Å². The van der Waals surface area contributed by atoms with Crippen molar-refractivity contribution in [3.8, 4) is 6.07 Å². The molecule has 0 spiro atoms. The number of rotatable bonds is 4. The minimum atomic E-state index is -1.34. The van der Waals surface area contributed by atoms with Gasteiger partial charge in [0, 0.05) is 5.69 Å². The molecular formula is C13H15N3O3. The fourth-order valence-corrected chi connectivity index (χ4v) is 1.30. The van der Waals surface area contributed by atoms with Crippen molar-refractivity contribution in [2.75, 3.05) is 5.32 Å². The topological polar surface area (TPSA) is 102 Å². The molecule has 3 N–H and O–H groups in total. The third kappa shape index (κ3) is 4.32. The fraction of sp³-hybridized carbons (Fsp3) is 0.308. The summed E-state index contributed by atoms with van der Waals surface area (Å²) in [5.74, 6) is -1.12. The molecule has 0 saturated heterocycles. The molecule has 2 amide bonds. The number of benzene rings is 1. The van der Waals surface area contributed by atoms with Crippen LogP contribution in [-0.2, 0) is 11.2 Å². The van der Waals surface area contributed by atoms with Crippen LogP contribution in [0.2, 0.25) is 0 Å². The summed E-state index contributed by atoms with van der Waals surface area (Å²) in [6.45, 7) is 2.79. The zero-order valence-electron chi connectivity index (χ0n) is 10.7. The predicted molar refractivity (Wildman–Crippen MR) is 69.6 cm³/mol. The number of aliphatic carboxylic acids is 1. The molecule has 0 aliphatic rings. The van der Waals surface area contributed by atoms with Gasteiger partial charge in [0.2, 0.25) is 0 Å². The van der Waals surface area contributed by atoms with Gasteiger partial charge in [-0.15, -0.1) is 0 Å². The van der Waals surface area contributed by atoms with Crippen molar-refractivity contribution < 1.29 is 14.7 Å². The first-order valence-corrected chi connectivity index (χ1v) is 5.63. The number of carbonyl (C=O) groups excluding carboxylic acids is 1. The van der Waals surface area contributed by atoms with E-state index in [1.807, 2.05) is 6.07 Å². The summed E-state index contributed by atoms with van der Waals surface area (Å²) in [5, 5.41) is 22.3. The van der Waals surface area contributed by atoms with Crippen LogP contribution in [-0.4, -0.2) is 22.6 Å². The number of carboxylic acid groups (broad SMARTS) is 1. The first kappa shape index (κ1) is 14.5. The minimum Gasteiger partial charge on any atom is -0.480 e. The Morgan fingerprint density at radius 3 is 2.37 bits per heavy atom. The third-order valence-electron chi connectivity index (χ3n) is 2.46. The van der Waals surface area contributed by atoms with E-state index in [9.17, 15) is 9.59 Å². The Kier molecular flexibility index (Phi) is 4.48. The van der Waals surface area contributed by atoms with E-state index in [-0.39, 0.29) is 0 Å². The van der Waals surface area contributed by atoms with Crippen LogP contribution in [0.4, 0.5) is 10.5 Å². The highest BCUT2D eigenvalue weighted by molar-refractivity contribution is 5.93. The highest BCUT2D eigenvalue weighted by Crippen LogP contribution is 2.10. The lowest BCUT2D eigenvalue weighted by Gasteiger charge is -2.21. The van der Waals surface area contributed by atoms with Gasteiger partial charge in [0.25, 0.3) is 0 Å². The normalized spacial score (nSPS) is 10.4. The second-order valence-electron chi connectivity index (χ2n) is 4.54. The summed E-state index contributed by atoms with van der Waals surface area (Å²) in [6.07, 6.45) is 0.304. The molecule has 0 atom stereocenters. The molecule has 0 heterocycles. The molecule has 0 bridgehead atoms. The van der Waals surface area contributed by atoms with E-state index < -0.39 is 17.5 Å². The molecular weight excluding hydrogens is 246 g/mol. The summed E-state index contributed by atoms with van der Waals surface area (Å²) in [4.78, 5) is 22.5. The maximum atomic E-state index is 11.6. The van der Waals surface area contributed by atoms with Crippen LogP contribution in [0.3, 0.4) is 0 Å². The van der Waals surface area contributed by atoms with Crippen LogP contribution in [0, 0.1) is 11.3 Å². The lowest BCUT2D eigenvalue weighted by Crippen LogP contribution is -2.51. The summed E-state index contributed by atoms with van der Waals surface area (Å²) in [5.41, 5.74) is 0.0323. The van der Waals surface area contributed by atoms with E-state index in [0.29, 0.717) is 12.1 Å². The average Bonchev–Trinajstić information content (AvgIpc) is 2.31. The molecule has 0 radical (unpaired) electrons. The van der Waals surface area contributed by atoms with Crippen LogP contribution in [0.25, 0.3) is 0 Å². The van der Waals surface area contributed by atoms with Crippen molar-refractivity contribution in [1.29, 1.82) is 5.26 Å². The number of carbonyl (C=O) groups is 2. The minimum absolute atomic E-state index is 0.304. The standard InChI is InChI=1S/C13H15N3O3/c1-13(2,11(17)18)16-12(19)15-10-5-3-9(4-6-10)7-8-14/h3-6H,7H2,1-2H3,(H,17,18)(H2,15,16,19). The van der Waals surface area contributed by atoms with Crippen molar-refractivity contribution >= 4 is 17.7 Å². The number of carboxylic acids is 1. The number of hydrogen-bond donors (Lipinski definition) is 3. The van der Waals surface area contributed by atoms with Crippen LogP contribution in [0.1, 0.15) is 19.4 Å². The maximum absolute atomic E-state index is 11.6. The first-order valence-electron chi connectivity index (χ1n) is 5.63. The Bertz CT molecular complexity index is 515. The number of nitrogens with zero attached hydrogens (tertiary/aromatic N) is 1. The summed E-state index contributed by atoms with van der Waals surface area (Å²) in [7, 11) is 0. The van der Waals surface area contributed by atoms with E-state index in [2.05, 4.69) is 10.6 Å². The largest absolute Gasteiger partial charge is 0.480 e. The molecule has 6 nitrogen and oxygen atoms in total. The monoisotopic (exact) mass is 261 g/mol. The van der Waals surface area contributed by atoms with Crippen LogP contribution in [0.15, 0.2) is 24.3 Å². The molecule has 0 unspecified atom stereocenters. The number of nitriles is 1. The van der Waals surface area contributed by atoms with Gasteiger partial charge in [0.05, 0.1) is 12.5 Å². The van der Waals surface area contributed by atoms with E-state index in [1.54, 1.807) is 24.3 Å². The zero-order valence-corrected chi connectivity index (χ0v) is 10.7. The lowest BCUT2D eigenvalue weighted by molar-refractivity contribution is -0.142. The highest BCUT2D eigenvalue weighted by atomic mass is 16.4. The number of hydrogen-bond acceptors (Lipinski definition) is 3. The Hall–Kier alpha value is -2.55. The second-order valence-corrected chi connectivity index (χ2v) is 4.54. The van der Waals surface area contributed by atoms with Gasteiger partial charge in [0.1, 0.15) is 5.54 Å². The quantitative estimate of drug-likeness (QED) is 0.768. The number of urea groups is 1. The molecule has 0 fully saturated rings. The smallest absolute Gasteiger partial charge is 0.328 e. The molecule has 1 aromatic rings. The molecule has 100 valence electrons. The van der Waals surface area contributed by atoms with Crippen molar-refractivity contribution in [3.05, 3.63) is 29.8 Å². The van der Waals surface area contributed by atoms with Gasteiger partial charge in [-0.1, -0.05) is 12.1 Å². The first-order chi connectivity index (χ1) is 8.85. The Labute approximate surface area is 111 Å². The molecule has 1 aromatic carbocycles. The van der Waals surface area contributed by atoms with Crippen LogP contribution in [0.5, 0.6) is 0 Å². The SMILES string of the molecule is CC(C)(NC(=O)Nc1ccc(CC#N)cc1)C(=O)O. The zero-order chi connectivity index (χ0) is 14.5. The van der Waals surface area contributed by atoms with Gasteiger partial charge in [0.15, 0.2) is 0 Å². The summed E-state index contributed by atoms with van der Waals surface area (Å²) < 4.78 is 0. The van der Waals surface area contributed by atoms with E-state index in [4.69, 9.17) is 10.4 Å². The molecule has 0 aliphatic heterocycles. The number of nitrogens with one attached hydrogen (secondary N) is 2. The molecule has 6 heteroatoms. The Morgan fingerprint density at radius 2 is 1.89 bits per heavy atom. The molecule has 0 aliphatic carbocycles. The van der Waals surface area contributed by atoms with E-state index >= 15 is 0 Å². The molecule has 19 heavy (non-hydrogen) atoms. The summed E-state index contributed by atoms with van der Waals surface area (Å²) in [6, 6.07) is 8.18. The number of amides is 2. The fourth-order valence-electron chi connectivity index (χ4n) is 1.30. The van der Waals surface area contributed by atoms with Gasteiger partial charge in [-0.25, -0.2) is 9.59 Å². The number of anilines is 1. The van der Waals surface area contributed by atoms with E-state index in [0.717, 1.165) is 5.56 Å². The average molecular weight is 261 g/mol. The second kappa shape index (κ2) is 5.87. The van der Waals surface area contributed by atoms with Gasteiger partial charge in [-0.05, 0) is 31.5 Å². The van der Waals surface area contributed by atoms with Crippen molar-refractivity contribution in [2.45, 2.75) is 25.8 Å². The third-order valence-corrected chi connectivity index (χ3v) is 2.46. The van der Waals surface area contributed by atoms with Crippen molar-refractivity contribution in [2.24, 2.45) is 0 Å². The predicted octanol–water partition coefficient (Wildman–Crippen LogP) is 1.74.